The van der Waals surface area contributed by atoms with Crippen molar-refractivity contribution in [1.29, 1.82) is 0 Å². The molecule has 0 aromatic rings. The second kappa shape index (κ2) is 11.5. The zero-order valence-corrected chi connectivity index (χ0v) is 16.1. The van der Waals surface area contributed by atoms with Gasteiger partial charge >= 0.3 is 0 Å². The molecule has 0 bridgehead atoms. The summed E-state index contributed by atoms with van der Waals surface area (Å²) in [5.41, 5.74) is 0.377. The average molecular weight is 298 g/mol. The molecule has 0 rings (SSSR count). The summed E-state index contributed by atoms with van der Waals surface area (Å²) in [6.45, 7) is 14.2. The van der Waals surface area contributed by atoms with Gasteiger partial charge in [0.2, 0.25) is 0 Å². The molecule has 1 nitrogen and oxygen atoms in total. The van der Waals surface area contributed by atoms with E-state index in [1.165, 1.54) is 57.8 Å². The molecule has 0 aliphatic carbocycles. The molecule has 0 aliphatic rings. The summed E-state index contributed by atoms with van der Waals surface area (Å²) in [5.74, 6) is 2.48. The van der Waals surface area contributed by atoms with Crippen molar-refractivity contribution in [3.8, 4) is 0 Å². The maximum Gasteiger partial charge on any atom is 0.0204 e. The molecule has 0 aromatic heterocycles. The number of hydrogen-bond acceptors (Lipinski definition) is 1. The third-order valence-corrected chi connectivity index (χ3v) is 5.22. The molecule has 0 fully saturated rings. The Morgan fingerprint density at radius 2 is 1.29 bits per heavy atom. The summed E-state index contributed by atoms with van der Waals surface area (Å²) in [4.78, 5) is 0. The number of nitrogens with one attached hydrogen (secondary N) is 1. The zero-order chi connectivity index (χ0) is 16.3. The van der Waals surface area contributed by atoms with E-state index in [1.807, 2.05) is 0 Å². The van der Waals surface area contributed by atoms with Gasteiger partial charge in [0.1, 0.15) is 0 Å². The minimum absolute atomic E-state index is 0.377. The monoisotopic (exact) mass is 297 g/mol. The van der Waals surface area contributed by atoms with Gasteiger partial charge in [-0.25, -0.2) is 0 Å². The molecular formula is C20H43N. The predicted octanol–water partition coefficient (Wildman–Crippen LogP) is 6.42. The minimum atomic E-state index is 0.377. The first-order valence-electron chi connectivity index (χ1n) is 9.56. The van der Waals surface area contributed by atoms with Gasteiger partial charge in [-0.3, -0.25) is 0 Å². The molecule has 0 aromatic carbocycles. The third-order valence-electron chi connectivity index (χ3n) is 5.22. The molecule has 1 heteroatoms. The van der Waals surface area contributed by atoms with Crippen LogP contribution in [0.4, 0.5) is 0 Å². The van der Waals surface area contributed by atoms with Crippen molar-refractivity contribution in [3.63, 3.8) is 0 Å². The molecule has 0 heterocycles. The van der Waals surface area contributed by atoms with Crippen molar-refractivity contribution in [2.45, 2.75) is 105 Å². The molecule has 0 radical (unpaired) electrons. The first-order chi connectivity index (χ1) is 9.88. The first kappa shape index (κ1) is 21.0. The van der Waals surface area contributed by atoms with Crippen molar-refractivity contribution in [2.75, 3.05) is 7.05 Å². The van der Waals surface area contributed by atoms with Gasteiger partial charge in [0.25, 0.3) is 0 Å². The molecule has 128 valence electrons. The summed E-state index contributed by atoms with van der Waals surface area (Å²) in [7, 11) is 2.20. The summed E-state index contributed by atoms with van der Waals surface area (Å²) >= 11 is 0. The maximum absolute atomic E-state index is 3.76. The smallest absolute Gasteiger partial charge is 0.0204 e. The Hall–Kier alpha value is -0.0400. The maximum atomic E-state index is 3.76. The number of rotatable bonds is 13. The van der Waals surface area contributed by atoms with Crippen molar-refractivity contribution < 1.29 is 0 Å². The normalized spacial score (nSPS) is 16.4. The summed E-state index contributed by atoms with van der Waals surface area (Å²) in [6, 6.07) is 0. The van der Waals surface area contributed by atoms with Crippen LogP contribution in [0.25, 0.3) is 0 Å². The van der Waals surface area contributed by atoms with Crippen LogP contribution in [0.1, 0.15) is 99.3 Å². The van der Waals surface area contributed by atoms with Crippen molar-refractivity contribution >= 4 is 0 Å². The van der Waals surface area contributed by atoms with Crippen molar-refractivity contribution in [2.24, 2.45) is 17.8 Å². The van der Waals surface area contributed by atoms with Crippen LogP contribution in [0.15, 0.2) is 0 Å². The van der Waals surface area contributed by atoms with Crippen LogP contribution in [-0.2, 0) is 0 Å². The van der Waals surface area contributed by atoms with E-state index in [2.05, 4.69) is 53.9 Å². The second-order valence-electron chi connectivity index (χ2n) is 8.02. The van der Waals surface area contributed by atoms with Gasteiger partial charge in [-0.05, 0) is 44.1 Å². The van der Waals surface area contributed by atoms with Crippen LogP contribution in [0.5, 0.6) is 0 Å². The van der Waals surface area contributed by atoms with Gasteiger partial charge in [-0.15, -0.1) is 0 Å². The van der Waals surface area contributed by atoms with E-state index in [4.69, 9.17) is 0 Å². The first-order valence-corrected chi connectivity index (χ1v) is 9.56. The molecule has 1 N–H and O–H groups in total. The van der Waals surface area contributed by atoms with Crippen LogP contribution in [0, 0.1) is 17.8 Å². The summed E-state index contributed by atoms with van der Waals surface area (Å²) < 4.78 is 0. The quantitative estimate of drug-likeness (QED) is 0.387. The fourth-order valence-corrected chi connectivity index (χ4v) is 3.64. The highest BCUT2D eigenvalue weighted by atomic mass is 14.9. The Morgan fingerprint density at radius 3 is 1.76 bits per heavy atom. The minimum Gasteiger partial charge on any atom is -0.314 e. The summed E-state index contributed by atoms with van der Waals surface area (Å²) in [5, 5.41) is 3.76. The predicted molar refractivity (Wildman–Crippen MR) is 97.9 cm³/mol. The van der Waals surface area contributed by atoms with Crippen molar-refractivity contribution in [1.82, 2.24) is 5.32 Å². The van der Waals surface area contributed by atoms with Crippen LogP contribution in [0.2, 0.25) is 0 Å². The van der Waals surface area contributed by atoms with Gasteiger partial charge in [0.05, 0.1) is 0 Å². The highest BCUT2D eigenvalue weighted by Gasteiger charge is 2.32. The van der Waals surface area contributed by atoms with Crippen LogP contribution in [-0.4, -0.2) is 12.6 Å². The van der Waals surface area contributed by atoms with Gasteiger partial charge in [0.15, 0.2) is 0 Å². The van der Waals surface area contributed by atoms with Crippen LogP contribution >= 0.6 is 0 Å². The lowest BCUT2D eigenvalue weighted by molar-refractivity contribution is 0.178. The number of hydrogen-bond donors (Lipinski definition) is 1. The van der Waals surface area contributed by atoms with E-state index < -0.39 is 0 Å². The molecule has 0 amide bonds. The second-order valence-corrected chi connectivity index (χ2v) is 8.02. The van der Waals surface area contributed by atoms with E-state index in [0.29, 0.717) is 5.54 Å². The molecule has 0 saturated heterocycles. The molecule has 2 unspecified atom stereocenters. The van der Waals surface area contributed by atoms with E-state index in [-0.39, 0.29) is 0 Å². The van der Waals surface area contributed by atoms with Crippen molar-refractivity contribution in [3.05, 3.63) is 0 Å². The Morgan fingerprint density at radius 1 is 0.762 bits per heavy atom. The molecule has 2 atom stereocenters. The van der Waals surface area contributed by atoms with Gasteiger partial charge in [-0.2, -0.15) is 0 Å². The van der Waals surface area contributed by atoms with Gasteiger partial charge < -0.3 is 5.32 Å². The lowest BCUT2D eigenvalue weighted by Gasteiger charge is -2.40. The highest BCUT2D eigenvalue weighted by Crippen LogP contribution is 2.33. The molecular weight excluding hydrogens is 254 g/mol. The number of unbranched alkanes of at least 4 members (excludes halogenated alkanes) is 1. The standard InChI is InChI=1S/C20H43N/c1-8-12-19(6)20(21-7,16-11-14-18(4)5)15-10-9-13-17(2)3/h17-19,21H,8-16H2,1-7H3. The average Bonchev–Trinajstić information content (AvgIpc) is 2.41. The van der Waals surface area contributed by atoms with Gasteiger partial charge in [0, 0.05) is 5.54 Å². The van der Waals surface area contributed by atoms with Gasteiger partial charge in [-0.1, -0.05) is 80.1 Å². The Labute approximate surface area is 135 Å². The van der Waals surface area contributed by atoms with Crippen LogP contribution in [0.3, 0.4) is 0 Å². The Bertz CT molecular complexity index is 234. The molecule has 0 aliphatic heterocycles. The Kier molecular flexibility index (Phi) is 11.5. The van der Waals surface area contributed by atoms with E-state index >= 15 is 0 Å². The van der Waals surface area contributed by atoms with E-state index in [9.17, 15) is 0 Å². The molecule has 21 heavy (non-hydrogen) atoms. The lowest BCUT2D eigenvalue weighted by Crippen LogP contribution is -2.48. The topological polar surface area (TPSA) is 12.0 Å². The van der Waals surface area contributed by atoms with Crippen LogP contribution < -0.4 is 5.32 Å². The molecule has 0 saturated carbocycles. The molecule has 0 spiro atoms. The lowest BCUT2D eigenvalue weighted by atomic mass is 9.74. The van der Waals surface area contributed by atoms with E-state index in [1.54, 1.807) is 0 Å². The largest absolute Gasteiger partial charge is 0.314 e. The van der Waals surface area contributed by atoms with E-state index in [0.717, 1.165) is 17.8 Å². The third kappa shape index (κ3) is 8.86. The SMILES string of the molecule is CCCC(C)C(CCCCC(C)C)(CCCC(C)C)NC. The Balaban J connectivity index is 4.54. The highest BCUT2D eigenvalue weighted by molar-refractivity contribution is 4.91. The zero-order valence-electron chi connectivity index (χ0n) is 16.1. The summed E-state index contributed by atoms with van der Waals surface area (Å²) in [6.07, 6.45) is 12.3. The fraction of sp³-hybridized carbons (Fsp3) is 1.00. The fourth-order valence-electron chi connectivity index (χ4n) is 3.64.